The maximum absolute atomic E-state index is 12.9. The fraction of sp³-hybridized carbons (Fsp3) is 0.304. The number of hydrazone groups is 1. The zero-order valence-electron chi connectivity index (χ0n) is 17.8. The third-order valence-electron chi connectivity index (χ3n) is 5.06. The molecule has 0 aliphatic carbocycles. The standard InChI is InChI=1S/C23H26BrN3O4S/c1-2-31-21-8-10-22(11-9-21)32(29,30)27-14-12-19(13-15-27)23(28)26-25-17-20(24)16-18-6-4-3-5-7-18/h3-11,16-17,19H,2,12-15H2,1H3,(H,26,28)/b20-16-,25-17+. The molecule has 0 bridgehead atoms. The molecule has 0 unspecified atom stereocenters. The molecule has 32 heavy (non-hydrogen) atoms. The minimum absolute atomic E-state index is 0.209. The molecule has 1 aliphatic rings. The number of benzene rings is 2. The van der Waals surface area contributed by atoms with Crippen molar-refractivity contribution in [3.8, 4) is 5.75 Å². The second-order valence-electron chi connectivity index (χ2n) is 7.26. The maximum atomic E-state index is 12.9. The molecule has 170 valence electrons. The first-order chi connectivity index (χ1) is 15.4. The van der Waals surface area contributed by atoms with Crippen molar-refractivity contribution in [2.24, 2.45) is 11.0 Å². The lowest BCUT2D eigenvalue weighted by Gasteiger charge is -2.30. The van der Waals surface area contributed by atoms with Gasteiger partial charge in [-0.2, -0.15) is 9.41 Å². The van der Waals surface area contributed by atoms with Gasteiger partial charge in [0.2, 0.25) is 15.9 Å². The van der Waals surface area contributed by atoms with Gasteiger partial charge in [-0.25, -0.2) is 13.8 Å². The number of hydrogen-bond acceptors (Lipinski definition) is 5. The third-order valence-corrected chi connectivity index (χ3v) is 7.41. The van der Waals surface area contributed by atoms with Crippen molar-refractivity contribution >= 4 is 44.2 Å². The Labute approximate surface area is 197 Å². The van der Waals surface area contributed by atoms with Crippen molar-refractivity contribution in [1.82, 2.24) is 9.73 Å². The van der Waals surface area contributed by atoms with Crippen LogP contribution in [0.25, 0.3) is 6.08 Å². The van der Waals surface area contributed by atoms with Crippen LogP contribution in [-0.4, -0.2) is 44.5 Å². The SMILES string of the molecule is CCOc1ccc(S(=O)(=O)N2CCC(C(=O)N/N=C/C(Br)=C/c3ccccc3)CC2)cc1. The number of carbonyl (C=O) groups excluding carboxylic acids is 1. The lowest BCUT2D eigenvalue weighted by molar-refractivity contribution is -0.126. The summed E-state index contributed by atoms with van der Waals surface area (Å²) in [7, 11) is -3.60. The van der Waals surface area contributed by atoms with Crippen molar-refractivity contribution in [2.75, 3.05) is 19.7 Å². The third kappa shape index (κ3) is 6.51. The summed E-state index contributed by atoms with van der Waals surface area (Å²) in [4.78, 5) is 12.6. The topological polar surface area (TPSA) is 88.1 Å². The molecule has 0 spiro atoms. The lowest BCUT2D eigenvalue weighted by Crippen LogP contribution is -2.42. The van der Waals surface area contributed by atoms with Gasteiger partial charge in [0.25, 0.3) is 0 Å². The molecule has 3 rings (SSSR count). The maximum Gasteiger partial charge on any atom is 0.243 e. The summed E-state index contributed by atoms with van der Waals surface area (Å²) < 4.78 is 33.3. The Hall–Kier alpha value is -2.49. The fourth-order valence-corrected chi connectivity index (χ4v) is 5.21. The number of allylic oxidation sites excluding steroid dienone is 1. The van der Waals surface area contributed by atoms with Gasteiger partial charge in [-0.15, -0.1) is 0 Å². The largest absolute Gasteiger partial charge is 0.494 e. The predicted octanol–water partition coefficient (Wildman–Crippen LogP) is 4.02. The van der Waals surface area contributed by atoms with Gasteiger partial charge in [-0.05, 0) is 71.6 Å². The Bertz CT molecular complexity index is 1060. The van der Waals surface area contributed by atoms with Crippen LogP contribution in [-0.2, 0) is 14.8 Å². The van der Waals surface area contributed by atoms with E-state index in [2.05, 4.69) is 26.5 Å². The molecule has 1 amide bonds. The van der Waals surface area contributed by atoms with E-state index in [-0.39, 0.29) is 29.8 Å². The van der Waals surface area contributed by atoms with Crippen molar-refractivity contribution in [3.05, 3.63) is 64.6 Å². The normalized spacial score (nSPS) is 16.2. The van der Waals surface area contributed by atoms with Gasteiger partial charge in [0.1, 0.15) is 5.75 Å². The number of hydrogen-bond donors (Lipinski definition) is 1. The van der Waals surface area contributed by atoms with Crippen LogP contribution in [0, 0.1) is 5.92 Å². The highest BCUT2D eigenvalue weighted by molar-refractivity contribution is 9.12. The quantitative estimate of drug-likeness (QED) is 0.421. The van der Waals surface area contributed by atoms with Crippen LogP contribution < -0.4 is 10.2 Å². The van der Waals surface area contributed by atoms with E-state index in [4.69, 9.17) is 4.74 Å². The highest BCUT2D eigenvalue weighted by Crippen LogP contribution is 2.25. The van der Waals surface area contributed by atoms with E-state index in [1.165, 1.54) is 10.5 Å². The Morgan fingerprint density at radius 3 is 2.44 bits per heavy atom. The zero-order valence-corrected chi connectivity index (χ0v) is 20.2. The summed E-state index contributed by atoms with van der Waals surface area (Å²) in [6.45, 7) is 2.96. The van der Waals surface area contributed by atoms with Crippen molar-refractivity contribution in [2.45, 2.75) is 24.7 Å². The van der Waals surface area contributed by atoms with Gasteiger partial charge in [0.05, 0.1) is 17.7 Å². The zero-order chi connectivity index (χ0) is 23.0. The van der Waals surface area contributed by atoms with E-state index in [0.29, 0.717) is 25.2 Å². The first-order valence-corrected chi connectivity index (χ1v) is 12.6. The van der Waals surface area contributed by atoms with Crippen LogP contribution in [0.2, 0.25) is 0 Å². The van der Waals surface area contributed by atoms with Gasteiger partial charge >= 0.3 is 0 Å². The number of halogens is 1. The van der Waals surface area contributed by atoms with Crippen molar-refractivity contribution in [1.29, 1.82) is 0 Å². The first kappa shape index (κ1) is 24.2. The average Bonchev–Trinajstić information content (AvgIpc) is 2.80. The van der Waals surface area contributed by atoms with Gasteiger partial charge in [0.15, 0.2) is 0 Å². The monoisotopic (exact) mass is 519 g/mol. The van der Waals surface area contributed by atoms with Crippen LogP contribution in [0.5, 0.6) is 5.75 Å². The van der Waals surface area contributed by atoms with Crippen LogP contribution in [0.1, 0.15) is 25.3 Å². The van der Waals surface area contributed by atoms with Crippen molar-refractivity contribution in [3.63, 3.8) is 0 Å². The Kier molecular flexibility index (Phi) is 8.60. The van der Waals surface area contributed by atoms with Crippen LogP contribution in [0.15, 0.2) is 69.1 Å². The number of rotatable bonds is 8. The molecule has 0 radical (unpaired) electrons. The van der Waals surface area contributed by atoms with E-state index in [1.807, 2.05) is 43.3 Å². The van der Waals surface area contributed by atoms with Gasteiger partial charge in [0, 0.05) is 23.5 Å². The molecule has 0 saturated carbocycles. The number of amides is 1. The number of sulfonamides is 1. The number of nitrogens with zero attached hydrogens (tertiary/aromatic N) is 2. The number of carbonyl (C=O) groups is 1. The Morgan fingerprint density at radius 1 is 1.16 bits per heavy atom. The number of nitrogens with one attached hydrogen (secondary N) is 1. The van der Waals surface area contributed by atoms with Crippen LogP contribution in [0.3, 0.4) is 0 Å². The predicted molar refractivity (Wildman–Crippen MR) is 129 cm³/mol. The van der Waals surface area contributed by atoms with Crippen LogP contribution >= 0.6 is 15.9 Å². The fourth-order valence-electron chi connectivity index (χ4n) is 3.38. The molecule has 0 aromatic heterocycles. The summed E-state index contributed by atoms with van der Waals surface area (Å²) >= 11 is 3.40. The molecular formula is C23H26BrN3O4S. The lowest BCUT2D eigenvalue weighted by atomic mass is 9.98. The summed E-state index contributed by atoms with van der Waals surface area (Å²) in [6.07, 6.45) is 4.30. The molecule has 1 saturated heterocycles. The second-order valence-corrected chi connectivity index (χ2v) is 10.1. The van der Waals surface area contributed by atoms with Crippen molar-refractivity contribution < 1.29 is 17.9 Å². The van der Waals surface area contributed by atoms with E-state index >= 15 is 0 Å². The summed E-state index contributed by atoms with van der Waals surface area (Å²) in [6, 6.07) is 16.1. The van der Waals surface area contributed by atoms with E-state index in [0.717, 1.165) is 10.0 Å². The molecule has 1 heterocycles. The Balaban J connectivity index is 1.51. The molecule has 2 aromatic carbocycles. The molecule has 2 aromatic rings. The summed E-state index contributed by atoms with van der Waals surface area (Å²) in [5, 5.41) is 4.00. The number of ether oxygens (including phenoxy) is 1. The van der Waals surface area contributed by atoms with Gasteiger partial charge in [-0.3, -0.25) is 4.79 Å². The minimum Gasteiger partial charge on any atom is -0.494 e. The van der Waals surface area contributed by atoms with Gasteiger partial charge < -0.3 is 4.74 Å². The summed E-state index contributed by atoms with van der Waals surface area (Å²) in [5.74, 6) is 0.141. The molecule has 7 nitrogen and oxygen atoms in total. The molecule has 1 fully saturated rings. The molecule has 1 aliphatic heterocycles. The first-order valence-electron chi connectivity index (χ1n) is 10.4. The molecular weight excluding hydrogens is 494 g/mol. The highest BCUT2D eigenvalue weighted by atomic mass is 79.9. The van der Waals surface area contributed by atoms with E-state index < -0.39 is 10.0 Å². The molecule has 1 N–H and O–H groups in total. The molecule has 9 heteroatoms. The summed E-state index contributed by atoms with van der Waals surface area (Å²) in [5.41, 5.74) is 3.56. The minimum atomic E-state index is -3.60. The van der Waals surface area contributed by atoms with Gasteiger partial charge in [-0.1, -0.05) is 30.3 Å². The van der Waals surface area contributed by atoms with E-state index in [9.17, 15) is 13.2 Å². The second kappa shape index (κ2) is 11.4. The average molecular weight is 520 g/mol. The number of piperidine rings is 1. The highest BCUT2D eigenvalue weighted by Gasteiger charge is 2.32. The Morgan fingerprint density at radius 2 is 1.81 bits per heavy atom. The van der Waals surface area contributed by atoms with Crippen LogP contribution in [0.4, 0.5) is 0 Å². The molecule has 0 atom stereocenters. The van der Waals surface area contributed by atoms with E-state index in [1.54, 1.807) is 24.3 Å². The smallest absolute Gasteiger partial charge is 0.243 e.